The molecule has 1 heterocycles. The van der Waals surface area contributed by atoms with Gasteiger partial charge in [-0.05, 0) is 30.7 Å². The number of benzene rings is 1. The van der Waals surface area contributed by atoms with Crippen LogP contribution in [0, 0.1) is 5.92 Å². The van der Waals surface area contributed by atoms with Crippen molar-refractivity contribution in [1.29, 1.82) is 0 Å². The maximum Gasteiger partial charge on any atom is 0.343 e. The highest BCUT2D eigenvalue weighted by atomic mass is 16.5. The maximum absolute atomic E-state index is 12.6. The van der Waals surface area contributed by atoms with E-state index in [0.29, 0.717) is 43.5 Å². The fourth-order valence-electron chi connectivity index (χ4n) is 3.31. The largest absolute Gasteiger partial charge is 0.507 e. The average Bonchev–Trinajstić information content (AvgIpc) is 3.46. The summed E-state index contributed by atoms with van der Waals surface area (Å²) >= 11 is 0. The Balaban J connectivity index is 1.72. The Morgan fingerprint density at radius 1 is 1.19 bits per heavy atom. The maximum atomic E-state index is 12.6. The molecule has 1 aromatic heterocycles. The Hall–Kier alpha value is -2.11. The zero-order chi connectivity index (χ0) is 18.4. The van der Waals surface area contributed by atoms with E-state index in [1.54, 1.807) is 13.2 Å². The van der Waals surface area contributed by atoms with E-state index in [2.05, 4.69) is 0 Å². The second-order valence-corrected chi connectivity index (χ2v) is 6.73. The monoisotopic (exact) mass is 358 g/mol. The van der Waals surface area contributed by atoms with Crippen molar-refractivity contribution >= 4 is 0 Å². The first-order valence-corrected chi connectivity index (χ1v) is 9.18. The zero-order valence-electron chi connectivity index (χ0n) is 15.1. The van der Waals surface area contributed by atoms with Crippen LogP contribution in [0.2, 0.25) is 0 Å². The van der Waals surface area contributed by atoms with Crippen LogP contribution in [0.25, 0.3) is 0 Å². The van der Waals surface area contributed by atoms with Gasteiger partial charge in [0.25, 0.3) is 0 Å². The summed E-state index contributed by atoms with van der Waals surface area (Å²) in [7, 11) is 1.63. The molecular weight excluding hydrogens is 332 g/mol. The van der Waals surface area contributed by atoms with E-state index in [-0.39, 0.29) is 11.7 Å². The quantitative estimate of drug-likeness (QED) is 0.659. The Bertz CT molecular complexity index is 749. The molecular formula is C21H26O5. The Morgan fingerprint density at radius 3 is 2.62 bits per heavy atom. The smallest absolute Gasteiger partial charge is 0.343 e. The fraction of sp³-hybridized carbons (Fsp3) is 0.476. The number of aryl methyl sites for hydroxylation is 1. The van der Waals surface area contributed by atoms with Gasteiger partial charge in [0, 0.05) is 32.1 Å². The van der Waals surface area contributed by atoms with Gasteiger partial charge in [-0.25, -0.2) is 4.79 Å². The molecule has 1 saturated carbocycles. The fourth-order valence-corrected chi connectivity index (χ4v) is 3.31. The van der Waals surface area contributed by atoms with Crippen LogP contribution in [0.4, 0.5) is 0 Å². The second-order valence-electron chi connectivity index (χ2n) is 6.73. The number of hydrogen-bond acceptors (Lipinski definition) is 5. The minimum Gasteiger partial charge on any atom is -0.507 e. The highest BCUT2D eigenvalue weighted by Crippen LogP contribution is 2.47. The number of ether oxygens (including phenoxy) is 2. The average molecular weight is 358 g/mol. The molecule has 0 saturated heterocycles. The molecule has 1 aliphatic carbocycles. The van der Waals surface area contributed by atoms with Crippen LogP contribution in [0.3, 0.4) is 0 Å². The summed E-state index contributed by atoms with van der Waals surface area (Å²) in [6.45, 7) is 1.67. The lowest BCUT2D eigenvalue weighted by Crippen LogP contribution is -2.16. The van der Waals surface area contributed by atoms with E-state index >= 15 is 0 Å². The highest BCUT2D eigenvalue weighted by molar-refractivity contribution is 5.41. The van der Waals surface area contributed by atoms with E-state index in [0.717, 1.165) is 24.8 Å². The molecule has 1 fully saturated rings. The lowest BCUT2D eigenvalue weighted by atomic mass is 9.87. The minimum absolute atomic E-state index is 0.0392. The third-order valence-corrected chi connectivity index (χ3v) is 4.72. The lowest BCUT2D eigenvalue weighted by Gasteiger charge is -2.17. The molecule has 1 aromatic carbocycles. The molecule has 0 spiro atoms. The molecule has 5 heteroatoms. The third-order valence-electron chi connectivity index (χ3n) is 4.72. The first kappa shape index (κ1) is 18.7. The Morgan fingerprint density at radius 2 is 1.96 bits per heavy atom. The molecule has 0 amide bonds. The Kier molecular flexibility index (Phi) is 6.47. The molecule has 1 aliphatic rings. The van der Waals surface area contributed by atoms with Crippen LogP contribution in [-0.4, -0.2) is 32.0 Å². The molecule has 1 unspecified atom stereocenters. The van der Waals surface area contributed by atoms with Crippen LogP contribution in [-0.2, 0) is 15.9 Å². The molecule has 3 rings (SSSR count). The summed E-state index contributed by atoms with van der Waals surface area (Å²) < 4.78 is 15.8. The van der Waals surface area contributed by atoms with Gasteiger partial charge in [0.1, 0.15) is 11.5 Å². The first-order chi connectivity index (χ1) is 12.7. The normalized spacial score (nSPS) is 15.1. The summed E-state index contributed by atoms with van der Waals surface area (Å²) in [6, 6.07) is 11.5. The Labute approximate surface area is 153 Å². The van der Waals surface area contributed by atoms with Crippen molar-refractivity contribution in [2.75, 3.05) is 26.9 Å². The summed E-state index contributed by atoms with van der Waals surface area (Å²) in [5.74, 6) is 0.830. The molecule has 1 atom stereocenters. The summed E-state index contributed by atoms with van der Waals surface area (Å²) in [4.78, 5) is 12.6. The van der Waals surface area contributed by atoms with Crippen LogP contribution >= 0.6 is 0 Å². The van der Waals surface area contributed by atoms with Gasteiger partial charge in [-0.3, -0.25) is 0 Å². The van der Waals surface area contributed by atoms with Crippen molar-refractivity contribution < 1.29 is 19.0 Å². The van der Waals surface area contributed by atoms with Gasteiger partial charge in [-0.2, -0.15) is 0 Å². The van der Waals surface area contributed by atoms with E-state index in [9.17, 15) is 9.90 Å². The standard InChI is InChI=1S/C21H26O5/c1-24-12-13-25-11-5-8-17-14-18(22)20(21(23)26-17)19(16-9-10-16)15-6-3-2-4-7-15/h2-4,6-7,14,16,19,22H,5,8-13H2,1H3. The molecule has 0 bridgehead atoms. The predicted molar refractivity (Wildman–Crippen MR) is 98.7 cm³/mol. The van der Waals surface area contributed by atoms with Gasteiger partial charge in [-0.15, -0.1) is 0 Å². The minimum atomic E-state index is -0.430. The van der Waals surface area contributed by atoms with Crippen LogP contribution < -0.4 is 5.63 Å². The van der Waals surface area contributed by atoms with Crippen molar-refractivity contribution in [2.45, 2.75) is 31.6 Å². The predicted octanol–water partition coefficient (Wildman–Crippen LogP) is 3.48. The van der Waals surface area contributed by atoms with Gasteiger partial charge in [-0.1, -0.05) is 30.3 Å². The number of hydrogen-bond donors (Lipinski definition) is 1. The summed E-state index contributed by atoms with van der Waals surface area (Å²) in [5, 5.41) is 10.5. The number of rotatable bonds is 10. The summed E-state index contributed by atoms with van der Waals surface area (Å²) in [6.07, 6.45) is 3.41. The summed E-state index contributed by atoms with van der Waals surface area (Å²) in [5.41, 5.74) is 1.01. The molecule has 2 aromatic rings. The van der Waals surface area contributed by atoms with Gasteiger partial charge in [0.15, 0.2) is 0 Å². The van der Waals surface area contributed by atoms with E-state index in [1.165, 1.54) is 0 Å². The molecule has 0 aliphatic heterocycles. The van der Waals surface area contributed by atoms with E-state index in [1.807, 2.05) is 30.3 Å². The van der Waals surface area contributed by atoms with Crippen molar-refractivity contribution in [3.05, 3.63) is 63.7 Å². The van der Waals surface area contributed by atoms with Crippen molar-refractivity contribution in [1.82, 2.24) is 0 Å². The van der Waals surface area contributed by atoms with E-state index < -0.39 is 5.63 Å². The van der Waals surface area contributed by atoms with E-state index in [4.69, 9.17) is 13.9 Å². The van der Waals surface area contributed by atoms with Gasteiger partial charge in [0.05, 0.1) is 18.8 Å². The highest BCUT2D eigenvalue weighted by Gasteiger charge is 2.37. The van der Waals surface area contributed by atoms with Crippen molar-refractivity contribution in [3.8, 4) is 5.75 Å². The van der Waals surface area contributed by atoms with Crippen molar-refractivity contribution in [2.24, 2.45) is 5.92 Å². The van der Waals surface area contributed by atoms with Crippen LogP contribution in [0.15, 0.2) is 45.6 Å². The topological polar surface area (TPSA) is 68.9 Å². The molecule has 140 valence electrons. The van der Waals surface area contributed by atoms with Crippen LogP contribution in [0.5, 0.6) is 5.75 Å². The second kappa shape index (κ2) is 9.01. The molecule has 1 N–H and O–H groups in total. The third kappa shape index (κ3) is 4.74. The van der Waals surface area contributed by atoms with Crippen LogP contribution in [0.1, 0.15) is 42.1 Å². The lowest BCUT2D eigenvalue weighted by molar-refractivity contribution is 0.0690. The van der Waals surface area contributed by atoms with Crippen molar-refractivity contribution in [3.63, 3.8) is 0 Å². The molecule has 0 radical (unpaired) electrons. The number of methoxy groups -OCH3 is 1. The first-order valence-electron chi connectivity index (χ1n) is 9.18. The SMILES string of the molecule is COCCOCCCc1cc(O)c(C(c2ccccc2)C2CC2)c(=O)o1. The molecule has 5 nitrogen and oxygen atoms in total. The number of aromatic hydroxyl groups is 1. The van der Waals surface area contributed by atoms with Gasteiger partial charge >= 0.3 is 5.63 Å². The van der Waals surface area contributed by atoms with Gasteiger partial charge in [0.2, 0.25) is 0 Å². The molecule has 26 heavy (non-hydrogen) atoms. The van der Waals surface area contributed by atoms with Gasteiger partial charge < -0.3 is 19.0 Å². The zero-order valence-corrected chi connectivity index (χ0v) is 15.1.